The van der Waals surface area contributed by atoms with E-state index >= 15 is 0 Å². The first kappa shape index (κ1) is 24.7. The molecule has 0 bridgehead atoms. The van der Waals surface area contributed by atoms with E-state index in [9.17, 15) is 9.59 Å². The zero-order chi connectivity index (χ0) is 25.1. The SMILES string of the molecule is CCOC(=O)C1=C(C)NC2SC(=Cc3cccnc3)C(=O)N2C1c1ccc(OC(C)C)c(OC)c1. The van der Waals surface area contributed by atoms with Crippen LogP contribution in [0.1, 0.15) is 44.9 Å². The maximum Gasteiger partial charge on any atom is 0.338 e. The summed E-state index contributed by atoms with van der Waals surface area (Å²) in [6.45, 7) is 7.69. The van der Waals surface area contributed by atoms with Crippen LogP contribution in [0.3, 0.4) is 0 Å². The minimum Gasteiger partial charge on any atom is -0.493 e. The van der Waals surface area contributed by atoms with E-state index in [4.69, 9.17) is 14.2 Å². The molecule has 9 heteroatoms. The Bertz CT molecular complexity index is 1180. The molecule has 2 aromatic rings. The molecular weight excluding hydrogens is 466 g/mol. The van der Waals surface area contributed by atoms with Gasteiger partial charge in [-0.05, 0) is 63.1 Å². The van der Waals surface area contributed by atoms with Crippen molar-refractivity contribution in [2.24, 2.45) is 0 Å². The summed E-state index contributed by atoms with van der Waals surface area (Å²) in [6, 6.07) is 8.54. The number of benzene rings is 1. The first-order valence-corrected chi connectivity index (χ1v) is 12.3. The molecule has 2 atom stereocenters. The fourth-order valence-corrected chi connectivity index (χ4v) is 5.35. The zero-order valence-corrected chi connectivity index (χ0v) is 21.2. The number of aromatic nitrogens is 1. The van der Waals surface area contributed by atoms with Crippen molar-refractivity contribution in [1.29, 1.82) is 0 Å². The van der Waals surface area contributed by atoms with Crippen molar-refractivity contribution in [3.63, 3.8) is 0 Å². The zero-order valence-electron chi connectivity index (χ0n) is 20.4. The van der Waals surface area contributed by atoms with Crippen molar-refractivity contribution < 1.29 is 23.8 Å². The summed E-state index contributed by atoms with van der Waals surface area (Å²) < 4.78 is 16.8. The number of nitrogens with zero attached hydrogens (tertiary/aromatic N) is 2. The van der Waals surface area contributed by atoms with Gasteiger partial charge in [-0.25, -0.2) is 4.79 Å². The monoisotopic (exact) mass is 495 g/mol. The molecule has 1 aromatic carbocycles. The van der Waals surface area contributed by atoms with Crippen molar-refractivity contribution in [2.45, 2.75) is 45.3 Å². The highest BCUT2D eigenvalue weighted by Crippen LogP contribution is 2.47. The second-order valence-corrected chi connectivity index (χ2v) is 9.48. The highest BCUT2D eigenvalue weighted by molar-refractivity contribution is 8.05. The molecule has 2 unspecified atom stereocenters. The summed E-state index contributed by atoms with van der Waals surface area (Å²) in [5, 5.41) is 3.31. The third-order valence-corrected chi connectivity index (χ3v) is 6.69. The van der Waals surface area contributed by atoms with Gasteiger partial charge in [0.2, 0.25) is 0 Å². The molecule has 0 aliphatic carbocycles. The van der Waals surface area contributed by atoms with Crippen LogP contribution in [0.15, 0.2) is 58.9 Å². The quantitative estimate of drug-likeness (QED) is 0.450. The van der Waals surface area contributed by atoms with E-state index < -0.39 is 12.0 Å². The minimum atomic E-state index is -0.665. The van der Waals surface area contributed by atoms with Gasteiger partial charge in [0.15, 0.2) is 17.0 Å². The van der Waals surface area contributed by atoms with E-state index in [-0.39, 0.29) is 24.1 Å². The number of methoxy groups -OCH3 is 1. The van der Waals surface area contributed by atoms with Crippen LogP contribution in [0.4, 0.5) is 0 Å². The van der Waals surface area contributed by atoms with Crippen LogP contribution in [-0.4, -0.2) is 47.1 Å². The van der Waals surface area contributed by atoms with E-state index in [1.165, 1.54) is 11.8 Å². The van der Waals surface area contributed by atoms with Gasteiger partial charge in [-0.3, -0.25) is 14.7 Å². The van der Waals surface area contributed by atoms with Gasteiger partial charge in [0.05, 0.1) is 36.3 Å². The van der Waals surface area contributed by atoms with Gasteiger partial charge < -0.3 is 19.5 Å². The van der Waals surface area contributed by atoms with E-state index in [0.29, 0.717) is 27.7 Å². The Morgan fingerprint density at radius 3 is 2.74 bits per heavy atom. The highest BCUT2D eigenvalue weighted by atomic mass is 32.2. The second kappa shape index (κ2) is 10.4. The van der Waals surface area contributed by atoms with Crippen LogP contribution in [-0.2, 0) is 14.3 Å². The van der Waals surface area contributed by atoms with Gasteiger partial charge >= 0.3 is 5.97 Å². The molecule has 3 heterocycles. The summed E-state index contributed by atoms with van der Waals surface area (Å²) >= 11 is 1.40. The number of amides is 1. The molecule has 4 rings (SSSR count). The summed E-state index contributed by atoms with van der Waals surface area (Å²) in [6.07, 6.45) is 5.17. The van der Waals surface area contributed by atoms with Gasteiger partial charge in [0.1, 0.15) is 0 Å². The molecule has 2 aliphatic rings. The van der Waals surface area contributed by atoms with Crippen molar-refractivity contribution in [3.8, 4) is 11.5 Å². The van der Waals surface area contributed by atoms with Crippen molar-refractivity contribution in [2.75, 3.05) is 13.7 Å². The van der Waals surface area contributed by atoms with Crippen molar-refractivity contribution >= 4 is 29.7 Å². The predicted molar refractivity (Wildman–Crippen MR) is 134 cm³/mol. The molecule has 184 valence electrons. The molecule has 0 radical (unpaired) electrons. The molecule has 0 saturated carbocycles. The number of esters is 1. The number of carbonyl (C=O) groups is 2. The number of hydrogen-bond donors (Lipinski definition) is 1. The minimum absolute atomic E-state index is 0.0352. The number of fused-ring (bicyclic) bond motifs is 1. The normalized spacial score (nSPS) is 20.7. The Kier molecular flexibility index (Phi) is 7.35. The van der Waals surface area contributed by atoms with Crippen LogP contribution < -0.4 is 14.8 Å². The van der Waals surface area contributed by atoms with Crippen molar-refractivity contribution in [3.05, 3.63) is 70.0 Å². The molecule has 8 nitrogen and oxygen atoms in total. The topological polar surface area (TPSA) is 90.0 Å². The molecule has 35 heavy (non-hydrogen) atoms. The van der Waals surface area contributed by atoms with Crippen LogP contribution in [0.2, 0.25) is 0 Å². The summed E-state index contributed by atoms with van der Waals surface area (Å²) in [7, 11) is 1.57. The van der Waals surface area contributed by atoms with E-state index in [0.717, 1.165) is 11.1 Å². The molecule has 0 spiro atoms. The smallest absolute Gasteiger partial charge is 0.338 e. The van der Waals surface area contributed by atoms with Gasteiger partial charge in [-0.15, -0.1) is 0 Å². The van der Waals surface area contributed by atoms with Crippen LogP contribution in [0, 0.1) is 0 Å². The number of nitrogens with one attached hydrogen (secondary N) is 1. The molecule has 1 aromatic heterocycles. The number of rotatable bonds is 7. The summed E-state index contributed by atoms with van der Waals surface area (Å²) in [5.74, 6) is 0.467. The first-order chi connectivity index (χ1) is 16.8. The second-order valence-electron chi connectivity index (χ2n) is 8.36. The highest BCUT2D eigenvalue weighted by Gasteiger charge is 2.48. The predicted octanol–water partition coefficient (Wildman–Crippen LogP) is 4.26. The lowest BCUT2D eigenvalue weighted by Gasteiger charge is -2.39. The average molecular weight is 496 g/mol. The number of hydrogen-bond acceptors (Lipinski definition) is 8. The molecule has 1 fully saturated rings. The van der Waals surface area contributed by atoms with Gasteiger partial charge in [0.25, 0.3) is 5.91 Å². The number of thioether (sulfide) groups is 1. The third-order valence-electron chi connectivity index (χ3n) is 5.58. The maximum atomic E-state index is 13.7. The summed E-state index contributed by atoms with van der Waals surface area (Å²) in [4.78, 5) is 33.1. The fraction of sp³-hybridized carbons (Fsp3) is 0.346. The fourth-order valence-electron chi connectivity index (χ4n) is 4.13. The van der Waals surface area contributed by atoms with Crippen LogP contribution >= 0.6 is 11.8 Å². The van der Waals surface area contributed by atoms with Gasteiger partial charge in [0, 0.05) is 18.1 Å². The Balaban J connectivity index is 1.80. The molecular formula is C26H29N3O5S. The average Bonchev–Trinajstić information content (AvgIpc) is 3.13. The lowest BCUT2D eigenvalue weighted by molar-refractivity contribution is -0.140. The maximum absolute atomic E-state index is 13.7. The third kappa shape index (κ3) is 5.00. The first-order valence-electron chi connectivity index (χ1n) is 11.4. The van der Waals surface area contributed by atoms with E-state index in [1.54, 1.807) is 31.3 Å². The molecule has 1 saturated heterocycles. The van der Waals surface area contributed by atoms with Crippen LogP contribution in [0.5, 0.6) is 11.5 Å². The number of ether oxygens (including phenoxy) is 3. The number of allylic oxidation sites excluding steroid dienone is 1. The van der Waals surface area contributed by atoms with E-state index in [1.807, 2.05) is 57.2 Å². The van der Waals surface area contributed by atoms with Gasteiger partial charge in [-0.2, -0.15) is 0 Å². The largest absolute Gasteiger partial charge is 0.493 e. The van der Waals surface area contributed by atoms with Crippen molar-refractivity contribution in [1.82, 2.24) is 15.2 Å². The van der Waals surface area contributed by atoms with Crippen LogP contribution in [0.25, 0.3) is 6.08 Å². The molecule has 2 aliphatic heterocycles. The summed E-state index contributed by atoms with van der Waals surface area (Å²) in [5.41, 5.74) is 2.22. The number of carbonyl (C=O) groups excluding carboxylic acids is 2. The van der Waals surface area contributed by atoms with Gasteiger partial charge in [-0.1, -0.05) is 23.9 Å². The van der Waals surface area contributed by atoms with E-state index in [2.05, 4.69) is 10.3 Å². The lowest BCUT2D eigenvalue weighted by Crippen LogP contribution is -2.50. The molecule has 1 N–H and O–H groups in total. The standard InChI is InChI=1S/C26H29N3O5S/c1-6-33-25(31)22-16(4)28-26-29(24(30)21(35-26)12-17-8-7-11-27-14-17)23(22)18-9-10-19(34-15(2)3)20(13-18)32-5/h7-15,23,26,28H,6H2,1-5H3. The molecule has 1 amide bonds. The number of pyridine rings is 1. The Labute approximate surface area is 209 Å². The Morgan fingerprint density at radius 2 is 2.09 bits per heavy atom. The lowest BCUT2D eigenvalue weighted by atomic mass is 9.93. The Morgan fingerprint density at radius 1 is 1.29 bits per heavy atom. The Hall–Kier alpha value is -3.46.